The van der Waals surface area contributed by atoms with Crippen molar-refractivity contribution >= 4 is 34.4 Å². The second-order valence-corrected chi connectivity index (χ2v) is 4.62. The normalized spacial score (nSPS) is 9.80. The number of carbonyl (C=O) groups excluding carboxylic acids is 1. The van der Waals surface area contributed by atoms with Gasteiger partial charge in [0.2, 0.25) is 5.91 Å². The highest BCUT2D eigenvalue weighted by Gasteiger charge is 2.08. The SMILES string of the molecule is CCCCN(CC)C(=S)SNC(=O)CC. The molecule has 3 nitrogen and oxygen atoms in total. The molecule has 15 heavy (non-hydrogen) atoms. The van der Waals surface area contributed by atoms with Crippen LogP contribution in [0.15, 0.2) is 0 Å². The first-order valence-corrected chi connectivity index (χ1v) is 6.62. The number of rotatable bonds is 5. The Balaban J connectivity index is 3.87. The maximum absolute atomic E-state index is 11.0. The molecule has 0 fully saturated rings. The molecule has 0 rings (SSSR count). The van der Waals surface area contributed by atoms with E-state index in [4.69, 9.17) is 12.2 Å². The van der Waals surface area contributed by atoms with Gasteiger partial charge in [-0.1, -0.05) is 32.5 Å². The molecule has 0 bridgehead atoms. The van der Waals surface area contributed by atoms with Gasteiger partial charge in [-0.25, -0.2) is 0 Å². The summed E-state index contributed by atoms with van der Waals surface area (Å²) in [6.07, 6.45) is 2.79. The summed E-state index contributed by atoms with van der Waals surface area (Å²) in [7, 11) is 0. The number of carbonyl (C=O) groups is 1. The topological polar surface area (TPSA) is 32.3 Å². The van der Waals surface area contributed by atoms with Gasteiger partial charge in [0.25, 0.3) is 0 Å². The summed E-state index contributed by atoms with van der Waals surface area (Å²) in [6, 6.07) is 0. The quantitative estimate of drug-likeness (QED) is 0.599. The van der Waals surface area contributed by atoms with Crippen LogP contribution in [0.4, 0.5) is 0 Å². The Kier molecular flexibility index (Phi) is 8.80. The summed E-state index contributed by atoms with van der Waals surface area (Å²) < 4.78 is 3.48. The van der Waals surface area contributed by atoms with Crippen molar-refractivity contribution in [2.75, 3.05) is 13.1 Å². The number of thiocarbonyl (C=S) groups is 1. The zero-order chi connectivity index (χ0) is 11.7. The van der Waals surface area contributed by atoms with Gasteiger partial charge in [-0.15, -0.1) is 0 Å². The van der Waals surface area contributed by atoms with Crippen molar-refractivity contribution in [2.45, 2.75) is 40.0 Å². The number of nitrogens with one attached hydrogen (secondary N) is 1. The van der Waals surface area contributed by atoms with Crippen LogP contribution in [-0.2, 0) is 4.79 Å². The number of nitrogens with zero attached hydrogens (tertiary/aromatic N) is 1. The van der Waals surface area contributed by atoms with Gasteiger partial charge in [0.15, 0.2) is 4.32 Å². The highest BCUT2D eigenvalue weighted by molar-refractivity contribution is 8.21. The van der Waals surface area contributed by atoms with E-state index in [1.807, 2.05) is 6.92 Å². The first-order chi connectivity index (χ1) is 7.15. The first kappa shape index (κ1) is 14.7. The third-order valence-electron chi connectivity index (χ3n) is 1.99. The predicted octanol–water partition coefficient (Wildman–Crippen LogP) is 2.57. The molecule has 0 heterocycles. The lowest BCUT2D eigenvalue weighted by molar-refractivity contribution is -0.118. The zero-order valence-corrected chi connectivity index (χ0v) is 11.3. The lowest BCUT2D eigenvalue weighted by atomic mass is 10.3. The monoisotopic (exact) mass is 248 g/mol. The molecule has 0 aliphatic heterocycles. The molecule has 0 spiro atoms. The molecule has 0 aliphatic rings. The Labute approximate surface area is 102 Å². The Morgan fingerprint density at radius 1 is 1.40 bits per heavy atom. The molecule has 5 heteroatoms. The van der Waals surface area contributed by atoms with E-state index in [2.05, 4.69) is 23.5 Å². The average molecular weight is 248 g/mol. The predicted molar refractivity (Wildman–Crippen MR) is 70.8 cm³/mol. The zero-order valence-electron chi connectivity index (χ0n) is 9.71. The van der Waals surface area contributed by atoms with Gasteiger partial charge < -0.3 is 4.90 Å². The maximum Gasteiger partial charge on any atom is 0.229 e. The molecule has 0 aliphatic carbocycles. The number of hydrogen-bond acceptors (Lipinski definition) is 3. The second-order valence-electron chi connectivity index (χ2n) is 3.18. The van der Waals surface area contributed by atoms with Gasteiger partial charge in [-0.2, -0.15) is 0 Å². The summed E-state index contributed by atoms with van der Waals surface area (Å²) in [5.74, 6) is 0.0221. The lowest BCUT2D eigenvalue weighted by Gasteiger charge is -2.22. The Bertz CT molecular complexity index is 210. The van der Waals surface area contributed by atoms with Crippen LogP contribution in [0.5, 0.6) is 0 Å². The molecule has 88 valence electrons. The van der Waals surface area contributed by atoms with Crippen LogP contribution < -0.4 is 4.72 Å². The summed E-state index contributed by atoms with van der Waals surface area (Å²) in [5.41, 5.74) is 0. The lowest BCUT2D eigenvalue weighted by Crippen LogP contribution is -2.31. The molecule has 1 N–H and O–H groups in total. The molecule has 0 unspecified atom stereocenters. The molecule has 0 saturated carbocycles. The molecular weight excluding hydrogens is 228 g/mol. The van der Waals surface area contributed by atoms with Crippen LogP contribution in [0.25, 0.3) is 0 Å². The third kappa shape index (κ3) is 6.73. The fourth-order valence-electron chi connectivity index (χ4n) is 0.965. The van der Waals surface area contributed by atoms with Crippen LogP contribution in [0.2, 0.25) is 0 Å². The van der Waals surface area contributed by atoms with Crippen LogP contribution >= 0.6 is 24.2 Å². The number of unbranched alkanes of at least 4 members (excludes halogenated alkanes) is 1. The molecule has 1 amide bonds. The minimum atomic E-state index is 0.0221. The fourth-order valence-corrected chi connectivity index (χ4v) is 2.01. The fraction of sp³-hybridized carbons (Fsp3) is 0.800. The van der Waals surface area contributed by atoms with Crippen molar-refractivity contribution in [1.29, 1.82) is 0 Å². The van der Waals surface area contributed by atoms with Crippen LogP contribution in [0.1, 0.15) is 40.0 Å². The van der Waals surface area contributed by atoms with Crippen molar-refractivity contribution in [1.82, 2.24) is 9.62 Å². The summed E-state index contributed by atoms with van der Waals surface area (Å²) >= 11 is 6.48. The third-order valence-corrected chi connectivity index (χ3v) is 3.27. The van der Waals surface area contributed by atoms with E-state index in [1.165, 1.54) is 11.9 Å². The van der Waals surface area contributed by atoms with E-state index >= 15 is 0 Å². The minimum Gasteiger partial charge on any atom is -0.356 e. The smallest absolute Gasteiger partial charge is 0.229 e. The Morgan fingerprint density at radius 3 is 2.53 bits per heavy atom. The van der Waals surface area contributed by atoms with Crippen molar-refractivity contribution in [3.05, 3.63) is 0 Å². The minimum absolute atomic E-state index is 0.0221. The van der Waals surface area contributed by atoms with Crippen LogP contribution in [-0.4, -0.2) is 28.2 Å². The number of amides is 1. The number of hydrogen-bond donors (Lipinski definition) is 1. The van der Waals surface area contributed by atoms with Gasteiger partial charge in [0, 0.05) is 31.5 Å². The molecule has 0 aromatic carbocycles. The molecule has 0 radical (unpaired) electrons. The van der Waals surface area contributed by atoms with E-state index in [0.29, 0.717) is 6.42 Å². The Hall–Kier alpha value is -0.290. The first-order valence-electron chi connectivity index (χ1n) is 5.40. The molecule has 0 aromatic rings. The van der Waals surface area contributed by atoms with Crippen LogP contribution in [0.3, 0.4) is 0 Å². The molecule has 0 atom stereocenters. The summed E-state index contributed by atoms with van der Waals surface area (Å²) in [6.45, 7) is 7.93. The summed E-state index contributed by atoms with van der Waals surface area (Å²) in [4.78, 5) is 13.1. The highest BCUT2D eigenvalue weighted by atomic mass is 32.2. The van der Waals surface area contributed by atoms with Gasteiger partial charge in [0.05, 0.1) is 0 Å². The van der Waals surface area contributed by atoms with Gasteiger partial charge in [-0.3, -0.25) is 9.52 Å². The molecular formula is C10H20N2OS2. The molecule has 0 aromatic heterocycles. The van der Waals surface area contributed by atoms with Crippen molar-refractivity contribution in [3.8, 4) is 0 Å². The average Bonchev–Trinajstić information content (AvgIpc) is 2.26. The Morgan fingerprint density at radius 2 is 2.07 bits per heavy atom. The van der Waals surface area contributed by atoms with E-state index in [1.54, 1.807) is 0 Å². The van der Waals surface area contributed by atoms with Crippen molar-refractivity contribution in [2.24, 2.45) is 0 Å². The van der Waals surface area contributed by atoms with Crippen LogP contribution in [0, 0.1) is 0 Å². The molecule has 0 saturated heterocycles. The van der Waals surface area contributed by atoms with Gasteiger partial charge in [0.1, 0.15) is 0 Å². The van der Waals surface area contributed by atoms with E-state index in [0.717, 1.165) is 30.3 Å². The highest BCUT2D eigenvalue weighted by Crippen LogP contribution is 2.07. The largest absolute Gasteiger partial charge is 0.356 e. The van der Waals surface area contributed by atoms with Gasteiger partial charge >= 0.3 is 0 Å². The maximum atomic E-state index is 11.0. The van der Waals surface area contributed by atoms with E-state index in [9.17, 15) is 4.79 Å². The van der Waals surface area contributed by atoms with Crippen molar-refractivity contribution in [3.63, 3.8) is 0 Å². The van der Waals surface area contributed by atoms with Crippen molar-refractivity contribution < 1.29 is 4.79 Å². The van der Waals surface area contributed by atoms with E-state index < -0.39 is 0 Å². The van der Waals surface area contributed by atoms with Gasteiger partial charge in [-0.05, 0) is 13.3 Å². The summed E-state index contributed by atoms with van der Waals surface area (Å²) in [5, 5.41) is 0. The standard InChI is InChI=1S/C10H20N2OS2/c1-4-7-8-12(6-3)10(14)15-11-9(13)5-2/h4-8H2,1-3H3,(H,11,13). The second kappa shape index (κ2) is 8.97. The van der Waals surface area contributed by atoms with E-state index in [-0.39, 0.29) is 5.91 Å².